The van der Waals surface area contributed by atoms with Crippen molar-refractivity contribution < 1.29 is 0 Å². The summed E-state index contributed by atoms with van der Waals surface area (Å²) in [5, 5.41) is 11.7. The van der Waals surface area contributed by atoms with Crippen LogP contribution in [0.15, 0.2) is 72.9 Å². The van der Waals surface area contributed by atoms with Crippen molar-refractivity contribution in [3.63, 3.8) is 0 Å². The summed E-state index contributed by atoms with van der Waals surface area (Å²) in [4.78, 5) is 8.00. The zero-order valence-electron chi connectivity index (χ0n) is 22.2. The van der Waals surface area contributed by atoms with Gasteiger partial charge >= 0.3 is 0 Å². The highest BCUT2D eigenvalue weighted by molar-refractivity contribution is 6.10. The van der Waals surface area contributed by atoms with Gasteiger partial charge < -0.3 is 4.57 Å². The van der Waals surface area contributed by atoms with Crippen LogP contribution in [0.2, 0.25) is 0 Å². The lowest BCUT2D eigenvalue weighted by Gasteiger charge is -2.19. The zero-order valence-corrected chi connectivity index (χ0v) is 22.2. The number of benzene rings is 3. The Balaban J connectivity index is 1.72. The summed E-state index contributed by atoms with van der Waals surface area (Å²) in [5.74, 6) is 0. The summed E-state index contributed by atoms with van der Waals surface area (Å²) < 4.78 is 2.31. The Morgan fingerprint density at radius 2 is 1.32 bits per heavy atom. The molecule has 0 saturated heterocycles. The summed E-state index contributed by atoms with van der Waals surface area (Å²) in [7, 11) is 0. The minimum atomic E-state index is 0.0562. The second-order valence-electron chi connectivity index (χ2n) is 11.7. The first-order valence-corrected chi connectivity index (χ1v) is 12.5. The van der Waals surface area contributed by atoms with E-state index in [0.29, 0.717) is 16.9 Å². The third-order valence-corrected chi connectivity index (χ3v) is 7.01. The maximum atomic E-state index is 9.16. The first-order valence-electron chi connectivity index (χ1n) is 12.5. The van der Waals surface area contributed by atoms with E-state index in [1.807, 2.05) is 12.1 Å². The molecule has 2 heterocycles. The summed E-state index contributed by atoms with van der Waals surface area (Å²) in [6.07, 6.45) is 1.52. The van der Waals surface area contributed by atoms with Crippen molar-refractivity contribution >= 4 is 27.5 Å². The molecule has 0 aliphatic rings. The van der Waals surface area contributed by atoms with Gasteiger partial charge in [-0.15, -0.1) is 0 Å². The molecule has 0 saturated carbocycles. The summed E-state index contributed by atoms with van der Waals surface area (Å²) in [5.41, 5.74) is 8.34. The maximum Gasteiger partial charge on any atom is 0.214 e. The Bertz CT molecular complexity index is 1670. The van der Waals surface area contributed by atoms with Crippen molar-refractivity contribution in [1.29, 1.82) is 5.26 Å². The van der Waals surface area contributed by atoms with Crippen LogP contribution in [0.1, 0.15) is 58.2 Å². The van der Waals surface area contributed by atoms with Gasteiger partial charge in [-0.3, -0.25) is 4.98 Å². The summed E-state index contributed by atoms with van der Waals surface area (Å²) >= 11 is 0. The number of rotatable bonds is 2. The van der Waals surface area contributed by atoms with E-state index in [2.05, 4.69) is 111 Å². The predicted octanol–water partition coefficient (Wildman–Crippen LogP) is 8.86. The highest BCUT2D eigenvalue weighted by Crippen LogP contribution is 2.38. The third kappa shape index (κ3) is 4.26. The van der Waals surface area contributed by atoms with Crippen LogP contribution in [0, 0.1) is 17.9 Å². The minimum Gasteiger partial charge on any atom is -0.309 e. The molecule has 5 aromatic rings. The summed E-state index contributed by atoms with van der Waals surface area (Å²) in [6.45, 7) is 21.0. The van der Waals surface area contributed by atoms with Crippen LogP contribution in [0.4, 0.5) is 5.69 Å². The quantitative estimate of drug-likeness (QED) is 0.236. The smallest absolute Gasteiger partial charge is 0.214 e. The molecular formula is C33H30N4. The molecule has 3 aromatic carbocycles. The van der Waals surface area contributed by atoms with Gasteiger partial charge in [-0.05, 0) is 70.0 Å². The Hall–Kier alpha value is -4.41. The monoisotopic (exact) mass is 482 g/mol. The van der Waals surface area contributed by atoms with E-state index in [1.54, 1.807) is 6.07 Å². The normalized spacial score (nSPS) is 12.0. The molecule has 2 aromatic heterocycles. The second-order valence-corrected chi connectivity index (χ2v) is 11.7. The van der Waals surface area contributed by atoms with Crippen LogP contribution in [0.25, 0.3) is 43.6 Å². The highest BCUT2D eigenvalue weighted by Gasteiger charge is 2.21. The first-order chi connectivity index (χ1) is 17.5. The van der Waals surface area contributed by atoms with Crippen molar-refractivity contribution in [3.05, 3.63) is 101 Å². The fourth-order valence-corrected chi connectivity index (χ4v) is 4.82. The van der Waals surface area contributed by atoms with Crippen molar-refractivity contribution in [2.75, 3.05) is 0 Å². The van der Waals surface area contributed by atoms with E-state index >= 15 is 0 Å². The fourth-order valence-electron chi connectivity index (χ4n) is 4.82. The molecule has 0 unspecified atom stereocenters. The fraction of sp³-hybridized carbons (Fsp3) is 0.242. The van der Waals surface area contributed by atoms with Crippen molar-refractivity contribution in [3.8, 4) is 23.0 Å². The molecule has 0 N–H and O–H groups in total. The number of nitriles is 1. The molecule has 0 bridgehead atoms. The van der Waals surface area contributed by atoms with Crippen LogP contribution in [0.5, 0.6) is 0 Å². The molecule has 4 nitrogen and oxygen atoms in total. The van der Waals surface area contributed by atoms with E-state index in [4.69, 9.17) is 11.8 Å². The van der Waals surface area contributed by atoms with Gasteiger partial charge in [0.1, 0.15) is 0 Å². The van der Waals surface area contributed by atoms with Crippen LogP contribution < -0.4 is 0 Å². The molecule has 4 heteroatoms. The molecule has 37 heavy (non-hydrogen) atoms. The molecule has 0 aliphatic heterocycles. The van der Waals surface area contributed by atoms with Crippen molar-refractivity contribution in [1.82, 2.24) is 9.55 Å². The number of aromatic nitrogens is 2. The van der Waals surface area contributed by atoms with E-state index in [0.717, 1.165) is 11.3 Å². The molecular weight excluding hydrogens is 452 g/mol. The number of nitrogens with zero attached hydrogens (tertiary/aromatic N) is 4. The van der Waals surface area contributed by atoms with Crippen molar-refractivity contribution in [2.24, 2.45) is 0 Å². The lowest BCUT2D eigenvalue weighted by Crippen LogP contribution is -2.10. The molecule has 0 aliphatic carbocycles. The van der Waals surface area contributed by atoms with Crippen LogP contribution >= 0.6 is 0 Å². The standard InChI is InChI=1S/C33H30N4/c1-32(2,3)23-10-14-29-26(17-23)27-18-24(33(4,5)6)11-15-30(27)37(29)25-12-8-22(9-13-25)31-28(35-7)16-21(19-34)20-36-31/h8-18,20H,1-6H3. The number of fused-ring (bicyclic) bond motifs is 3. The molecule has 5 rings (SSSR count). The Morgan fingerprint density at radius 1 is 0.784 bits per heavy atom. The first kappa shape index (κ1) is 24.3. The van der Waals surface area contributed by atoms with E-state index in [-0.39, 0.29) is 10.8 Å². The van der Waals surface area contributed by atoms with E-state index in [9.17, 15) is 0 Å². The topological polar surface area (TPSA) is 46.0 Å². The summed E-state index contributed by atoms with van der Waals surface area (Å²) in [6, 6.07) is 25.5. The van der Waals surface area contributed by atoms with Gasteiger partial charge in [-0.1, -0.05) is 65.8 Å². The van der Waals surface area contributed by atoms with Gasteiger partial charge in [0.15, 0.2) is 0 Å². The zero-order chi connectivity index (χ0) is 26.5. The average molecular weight is 483 g/mol. The van der Waals surface area contributed by atoms with Gasteiger partial charge in [-0.25, -0.2) is 4.85 Å². The molecule has 0 atom stereocenters. The molecule has 0 radical (unpaired) electrons. The largest absolute Gasteiger partial charge is 0.309 e. The van der Waals surface area contributed by atoms with Gasteiger partial charge in [0, 0.05) is 22.7 Å². The third-order valence-electron chi connectivity index (χ3n) is 7.01. The van der Waals surface area contributed by atoms with Crippen molar-refractivity contribution in [2.45, 2.75) is 52.4 Å². The predicted molar refractivity (Wildman–Crippen MR) is 152 cm³/mol. The Kier molecular flexibility index (Phi) is 5.65. The van der Waals surface area contributed by atoms with E-state index in [1.165, 1.54) is 39.1 Å². The Morgan fingerprint density at radius 3 is 1.78 bits per heavy atom. The number of hydrogen-bond acceptors (Lipinski definition) is 2. The van der Waals surface area contributed by atoms with Gasteiger partial charge in [0.2, 0.25) is 5.69 Å². The lowest BCUT2D eigenvalue weighted by molar-refractivity contribution is 0.590. The van der Waals surface area contributed by atoms with Gasteiger partial charge in [0.25, 0.3) is 0 Å². The Labute approximate surface area is 218 Å². The minimum absolute atomic E-state index is 0.0562. The second kappa shape index (κ2) is 8.61. The maximum absolute atomic E-state index is 9.16. The lowest BCUT2D eigenvalue weighted by atomic mass is 9.85. The highest BCUT2D eigenvalue weighted by atomic mass is 15.0. The SMILES string of the molecule is [C-]#[N+]c1cc(C#N)cnc1-c1ccc(-n2c3ccc(C(C)(C)C)cc3c3cc(C(C)(C)C)ccc32)cc1. The van der Waals surface area contributed by atoms with Crippen LogP contribution in [-0.4, -0.2) is 9.55 Å². The van der Waals surface area contributed by atoms with Gasteiger partial charge in [0.05, 0.1) is 34.9 Å². The van der Waals surface area contributed by atoms with Gasteiger partial charge in [-0.2, -0.15) is 5.26 Å². The number of pyridine rings is 1. The molecule has 0 fully saturated rings. The molecule has 0 spiro atoms. The van der Waals surface area contributed by atoms with Crippen LogP contribution in [-0.2, 0) is 10.8 Å². The molecule has 0 amide bonds. The number of hydrogen-bond donors (Lipinski definition) is 0. The average Bonchev–Trinajstić information content (AvgIpc) is 3.20. The van der Waals surface area contributed by atoms with E-state index < -0.39 is 0 Å². The van der Waals surface area contributed by atoms with Crippen LogP contribution in [0.3, 0.4) is 0 Å². The molecule has 182 valence electrons.